The van der Waals surface area contributed by atoms with Crippen molar-refractivity contribution in [1.82, 2.24) is 0 Å². The molecule has 0 spiro atoms. The first-order valence-corrected chi connectivity index (χ1v) is 12.2. The van der Waals surface area contributed by atoms with Crippen molar-refractivity contribution in [2.24, 2.45) is 5.92 Å². The van der Waals surface area contributed by atoms with Crippen molar-refractivity contribution in [2.75, 3.05) is 0 Å². The highest BCUT2D eigenvalue weighted by Gasteiger charge is 2.16. The maximum Gasteiger partial charge on any atom is 0.306 e. The van der Waals surface area contributed by atoms with Gasteiger partial charge in [0.2, 0.25) is 0 Å². The van der Waals surface area contributed by atoms with E-state index < -0.39 is 5.97 Å². The smallest absolute Gasteiger partial charge is 0.306 e. The van der Waals surface area contributed by atoms with E-state index >= 15 is 0 Å². The minimum Gasteiger partial charge on any atom is -0.481 e. The molecule has 0 aliphatic rings. The Morgan fingerprint density at radius 1 is 0.714 bits per heavy atom. The highest BCUT2D eigenvalue weighted by molar-refractivity contribution is 5.69. The van der Waals surface area contributed by atoms with E-state index in [0.29, 0.717) is 0 Å². The molecule has 0 aromatic rings. The molecule has 28 heavy (non-hydrogen) atoms. The van der Waals surface area contributed by atoms with E-state index in [4.69, 9.17) is 0 Å². The number of unbranched alkanes of at least 4 members (excludes halogenated alkanes) is 14. The largest absolute Gasteiger partial charge is 0.481 e. The monoisotopic (exact) mass is 392 g/mol. The van der Waals surface area contributed by atoms with Gasteiger partial charge in [-0.3, -0.25) is 4.79 Å². The van der Waals surface area contributed by atoms with Gasteiger partial charge in [0.25, 0.3) is 0 Å². The number of rotatable bonds is 22. The second-order valence-corrected chi connectivity index (χ2v) is 8.33. The fourth-order valence-corrected chi connectivity index (χ4v) is 3.71. The SMILES string of the molecule is C=CCCCCCCC(CCCCCC/C=C\CCCCCCCC)C(=O)O. The van der Waals surface area contributed by atoms with E-state index in [9.17, 15) is 9.90 Å². The van der Waals surface area contributed by atoms with Gasteiger partial charge in [0.1, 0.15) is 0 Å². The predicted octanol–water partition coefficient (Wildman–Crippen LogP) is 8.86. The Bertz CT molecular complexity index is 373. The molecule has 1 atom stereocenters. The topological polar surface area (TPSA) is 37.3 Å². The van der Waals surface area contributed by atoms with Crippen LogP contribution in [0, 0.1) is 5.92 Å². The van der Waals surface area contributed by atoms with E-state index in [1.807, 2.05) is 6.08 Å². The van der Waals surface area contributed by atoms with Crippen molar-refractivity contribution in [2.45, 2.75) is 129 Å². The van der Waals surface area contributed by atoms with Crippen molar-refractivity contribution in [3.05, 3.63) is 24.8 Å². The zero-order valence-corrected chi connectivity index (χ0v) is 18.8. The molecule has 0 rings (SSSR count). The lowest BCUT2D eigenvalue weighted by Gasteiger charge is -2.12. The summed E-state index contributed by atoms with van der Waals surface area (Å²) >= 11 is 0. The lowest BCUT2D eigenvalue weighted by atomic mass is 9.94. The predicted molar refractivity (Wildman–Crippen MR) is 124 cm³/mol. The molecule has 2 heteroatoms. The lowest BCUT2D eigenvalue weighted by Crippen LogP contribution is -2.13. The summed E-state index contributed by atoms with van der Waals surface area (Å²) in [5.74, 6) is -0.722. The molecule has 0 heterocycles. The number of allylic oxidation sites excluding steroid dienone is 3. The second kappa shape index (κ2) is 22.2. The van der Waals surface area contributed by atoms with Gasteiger partial charge in [0, 0.05) is 0 Å². The Balaban J connectivity index is 3.48. The minimum absolute atomic E-state index is 0.128. The van der Waals surface area contributed by atoms with Gasteiger partial charge in [0.05, 0.1) is 5.92 Å². The highest BCUT2D eigenvalue weighted by atomic mass is 16.4. The van der Waals surface area contributed by atoms with Crippen molar-refractivity contribution >= 4 is 5.97 Å². The van der Waals surface area contributed by atoms with Gasteiger partial charge < -0.3 is 5.11 Å². The number of carboxylic acid groups (broad SMARTS) is 1. The van der Waals surface area contributed by atoms with Crippen LogP contribution < -0.4 is 0 Å². The van der Waals surface area contributed by atoms with Crippen molar-refractivity contribution in [3.8, 4) is 0 Å². The third-order valence-electron chi connectivity index (χ3n) is 5.62. The number of aliphatic carboxylic acids is 1. The Labute approximate surface area is 175 Å². The zero-order chi connectivity index (χ0) is 20.7. The maximum atomic E-state index is 11.4. The minimum atomic E-state index is -0.594. The van der Waals surface area contributed by atoms with Gasteiger partial charge >= 0.3 is 5.97 Å². The summed E-state index contributed by atoms with van der Waals surface area (Å²) < 4.78 is 0. The van der Waals surface area contributed by atoms with Crippen LogP contribution in [0.5, 0.6) is 0 Å². The van der Waals surface area contributed by atoms with Gasteiger partial charge in [-0.15, -0.1) is 6.58 Å². The van der Waals surface area contributed by atoms with Gasteiger partial charge in [-0.25, -0.2) is 0 Å². The molecule has 0 saturated carbocycles. The number of carboxylic acids is 1. The van der Waals surface area contributed by atoms with Crippen LogP contribution in [0.3, 0.4) is 0 Å². The van der Waals surface area contributed by atoms with E-state index in [1.54, 1.807) is 0 Å². The molecule has 2 nitrogen and oxygen atoms in total. The Kier molecular flexibility index (Phi) is 21.4. The van der Waals surface area contributed by atoms with Crippen LogP contribution in [0.15, 0.2) is 24.8 Å². The average molecular weight is 393 g/mol. The van der Waals surface area contributed by atoms with Crippen molar-refractivity contribution in [3.63, 3.8) is 0 Å². The average Bonchev–Trinajstić information content (AvgIpc) is 2.68. The number of hydrogen-bond donors (Lipinski definition) is 1. The fraction of sp³-hybridized carbons (Fsp3) is 0.808. The van der Waals surface area contributed by atoms with Crippen LogP contribution in [0.25, 0.3) is 0 Å². The summed E-state index contributed by atoms with van der Waals surface area (Å²) in [6.45, 7) is 6.00. The standard InChI is InChI=1S/C26H48O2/c1-3-5-7-9-11-12-13-14-15-16-17-18-20-22-24-25(26(27)28)23-21-19-10-8-6-4-2/h4,14-15,25H,2-3,5-13,16-24H2,1H3,(H,27,28)/b15-14-. The van der Waals surface area contributed by atoms with Crippen molar-refractivity contribution in [1.29, 1.82) is 0 Å². The summed E-state index contributed by atoms with van der Waals surface area (Å²) in [4.78, 5) is 11.4. The summed E-state index contributed by atoms with van der Waals surface area (Å²) in [5.41, 5.74) is 0. The summed E-state index contributed by atoms with van der Waals surface area (Å²) in [6.07, 6.45) is 29.4. The normalized spacial score (nSPS) is 12.5. The molecule has 164 valence electrons. The fourth-order valence-electron chi connectivity index (χ4n) is 3.71. The first-order valence-electron chi connectivity index (χ1n) is 12.2. The molecule has 1 N–H and O–H groups in total. The maximum absolute atomic E-state index is 11.4. The summed E-state index contributed by atoms with van der Waals surface area (Å²) in [7, 11) is 0. The molecule has 1 unspecified atom stereocenters. The first-order chi connectivity index (χ1) is 13.7. The van der Waals surface area contributed by atoms with Crippen LogP contribution in [0.1, 0.15) is 129 Å². The lowest BCUT2D eigenvalue weighted by molar-refractivity contribution is -0.142. The molecule has 0 amide bonds. The Hall–Kier alpha value is -1.05. The van der Waals surface area contributed by atoms with Gasteiger partial charge in [-0.1, -0.05) is 95.8 Å². The molecule has 0 bridgehead atoms. The highest BCUT2D eigenvalue weighted by Crippen LogP contribution is 2.19. The molecule has 0 fully saturated rings. The van der Waals surface area contributed by atoms with E-state index in [0.717, 1.165) is 38.5 Å². The third-order valence-corrected chi connectivity index (χ3v) is 5.62. The van der Waals surface area contributed by atoms with E-state index in [1.165, 1.54) is 83.5 Å². The third kappa shape index (κ3) is 19.7. The molecular formula is C26H48O2. The van der Waals surface area contributed by atoms with Crippen LogP contribution in [-0.2, 0) is 4.79 Å². The van der Waals surface area contributed by atoms with Gasteiger partial charge in [-0.2, -0.15) is 0 Å². The Morgan fingerprint density at radius 3 is 1.61 bits per heavy atom. The zero-order valence-electron chi connectivity index (χ0n) is 18.8. The molecule has 0 radical (unpaired) electrons. The Morgan fingerprint density at radius 2 is 1.14 bits per heavy atom. The van der Waals surface area contributed by atoms with Crippen LogP contribution in [0.4, 0.5) is 0 Å². The van der Waals surface area contributed by atoms with Crippen molar-refractivity contribution < 1.29 is 9.90 Å². The van der Waals surface area contributed by atoms with Crippen LogP contribution in [0.2, 0.25) is 0 Å². The van der Waals surface area contributed by atoms with Crippen LogP contribution in [-0.4, -0.2) is 11.1 Å². The molecule has 0 saturated heterocycles. The second-order valence-electron chi connectivity index (χ2n) is 8.33. The molecule has 0 aromatic carbocycles. The molecule has 0 aromatic heterocycles. The van der Waals surface area contributed by atoms with Gasteiger partial charge in [0.15, 0.2) is 0 Å². The molecular weight excluding hydrogens is 344 g/mol. The molecule has 0 aliphatic heterocycles. The van der Waals surface area contributed by atoms with Crippen LogP contribution >= 0.6 is 0 Å². The first kappa shape index (κ1) is 27.0. The quantitative estimate of drug-likeness (QED) is 0.147. The van der Waals surface area contributed by atoms with E-state index in [2.05, 4.69) is 25.7 Å². The van der Waals surface area contributed by atoms with Gasteiger partial charge in [-0.05, 0) is 51.4 Å². The summed E-state index contributed by atoms with van der Waals surface area (Å²) in [5, 5.41) is 9.40. The summed E-state index contributed by atoms with van der Waals surface area (Å²) in [6, 6.07) is 0. The number of hydrogen-bond acceptors (Lipinski definition) is 1. The van der Waals surface area contributed by atoms with E-state index in [-0.39, 0.29) is 5.92 Å². The molecule has 0 aliphatic carbocycles. The number of carbonyl (C=O) groups is 1.